The number of carbonyl (C=O) groups excluding carboxylic acids is 2. The number of nitrogens with zero attached hydrogens (tertiary/aromatic N) is 2. The van der Waals surface area contributed by atoms with Crippen LogP contribution in [0, 0.1) is 0 Å². The Bertz CT molecular complexity index is 962. The van der Waals surface area contributed by atoms with Crippen LogP contribution >= 0.6 is 0 Å². The minimum atomic E-state index is -0.555. The molecule has 2 aromatic rings. The van der Waals surface area contributed by atoms with Gasteiger partial charge in [-0.2, -0.15) is 5.10 Å². The maximum absolute atomic E-state index is 12.6. The summed E-state index contributed by atoms with van der Waals surface area (Å²) < 4.78 is 4.81. The van der Waals surface area contributed by atoms with Gasteiger partial charge in [0, 0.05) is 29.1 Å². The van der Waals surface area contributed by atoms with Crippen LogP contribution in [0.1, 0.15) is 24.1 Å². The van der Waals surface area contributed by atoms with Crippen LogP contribution in [0.25, 0.3) is 11.3 Å². The molecule has 0 saturated heterocycles. The van der Waals surface area contributed by atoms with Crippen LogP contribution in [0.2, 0.25) is 0 Å². The molecule has 4 rings (SSSR count). The number of rotatable bonds is 6. The molecule has 152 valence electrons. The summed E-state index contributed by atoms with van der Waals surface area (Å²) in [6.07, 6.45) is 4.44. The van der Waals surface area contributed by atoms with E-state index in [4.69, 9.17) is 9.84 Å². The average Bonchev–Trinajstić information content (AvgIpc) is 3.31. The number of aliphatic hydroxyl groups is 1. The molecule has 3 N–H and O–H groups in total. The monoisotopic (exact) mass is 396 g/mol. The molecule has 0 atom stereocenters. The summed E-state index contributed by atoms with van der Waals surface area (Å²) in [7, 11) is 1.28. The van der Waals surface area contributed by atoms with Crippen LogP contribution < -0.4 is 5.32 Å². The quantitative estimate of drug-likeness (QED) is 0.641. The van der Waals surface area contributed by atoms with Gasteiger partial charge < -0.3 is 20.1 Å². The molecular formula is C21H24N4O4. The van der Waals surface area contributed by atoms with Gasteiger partial charge in [-0.3, -0.25) is 9.89 Å². The lowest BCUT2D eigenvalue weighted by molar-refractivity contribution is -0.136. The lowest BCUT2D eigenvalue weighted by atomic mass is 9.94. The highest BCUT2D eigenvalue weighted by molar-refractivity contribution is 6.08. The summed E-state index contributed by atoms with van der Waals surface area (Å²) >= 11 is 0. The zero-order valence-electron chi connectivity index (χ0n) is 16.3. The van der Waals surface area contributed by atoms with Gasteiger partial charge in [0.15, 0.2) is 0 Å². The van der Waals surface area contributed by atoms with E-state index in [1.54, 1.807) is 0 Å². The predicted octanol–water partition coefficient (Wildman–Crippen LogP) is 1.63. The number of benzene rings is 1. The number of aryl methyl sites for hydroxylation is 1. The van der Waals surface area contributed by atoms with Crippen molar-refractivity contribution in [3.63, 3.8) is 0 Å². The van der Waals surface area contributed by atoms with Gasteiger partial charge in [0.25, 0.3) is 5.91 Å². The molecule has 0 spiro atoms. The second-order valence-corrected chi connectivity index (χ2v) is 7.23. The molecule has 8 nitrogen and oxygen atoms in total. The van der Waals surface area contributed by atoms with Gasteiger partial charge in [-0.15, -0.1) is 0 Å². The molecule has 0 unspecified atom stereocenters. The SMILES string of the molecule is COC(=O)C1=C(Nc2ccc(-c3n[nH]c4c3CCCC4)cc2)C(=O)N(CCO)C1. The number of aromatic nitrogens is 2. The molecule has 1 aliphatic heterocycles. The van der Waals surface area contributed by atoms with Gasteiger partial charge in [0.2, 0.25) is 0 Å². The Kier molecular flexibility index (Phi) is 5.35. The number of anilines is 1. The van der Waals surface area contributed by atoms with E-state index >= 15 is 0 Å². The zero-order chi connectivity index (χ0) is 20.4. The van der Waals surface area contributed by atoms with E-state index in [9.17, 15) is 9.59 Å². The van der Waals surface area contributed by atoms with Gasteiger partial charge in [-0.25, -0.2) is 4.79 Å². The van der Waals surface area contributed by atoms with Crippen molar-refractivity contribution in [1.82, 2.24) is 15.1 Å². The molecule has 0 saturated carbocycles. The van der Waals surface area contributed by atoms with Crippen molar-refractivity contribution in [2.24, 2.45) is 0 Å². The smallest absolute Gasteiger partial charge is 0.337 e. The molecule has 0 bridgehead atoms. The van der Waals surface area contributed by atoms with Gasteiger partial charge in [0.1, 0.15) is 5.70 Å². The molecule has 8 heteroatoms. The zero-order valence-corrected chi connectivity index (χ0v) is 16.3. The van der Waals surface area contributed by atoms with Crippen LogP contribution in [-0.4, -0.2) is 58.9 Å². The van der Waals surface area contributed by atoms with Gasteiger partial charge in [-0.1, -0.05) is 12.1 Å². The fraction of sp³-hybridized carbons (Fsp3) is 0.381. The third-order valence-electron chi connectivity index (χ3n) is 5.44. The number of ether oxygens (including phenoxy) is 1. The van der Waals surface area contributed by atoms with E-state index in [2.05, 4.69) is 15.5 Å². The molecular weight excluding hydrogens is 372 g/mol. The third kappa shape index (κ3) is 3.63. The van der Waals surface area contributed by atoms with E-state index in [0.717, 1.165) is 24.1 Å². The number of fused-ring (bicyclic) bond motifs is 1. The summed E-state index contributed by atoms with van der Waals surface area (Å²) in [6, 6.07) is 7.64. The van der Waals surface area contributed by atoms with Crippen molar-refractivity contribution in [3.8, 4) is 11.3 Å². The number of β-amino-alcohol motifs (C(OH)–C–C–N with tert-alkyl or cyclic N) is 1. The Balaban J connectivity index is 1.57. The number of aromatic amines is 1. The van der Waals surface area contributed by atoms with Crippen LogP contribution in [0.4, 0.5) is 5.69 Å². The lowest BCUT2D eigenvalue weighted by Gasteiger charge is -2.15. The Labute approximate surface area is 168 Å². The maximum atomic E-state index is 12.6. The van der Waals surface area contributed by atoms with E-state index < -0.39 is 5.97 Å². The number of aliphatic hydroxyl groups excluding tert-OH is 1. The first-order valence-electron chi connectivity index (χ1n) is 9.77. The first kappa shape index (κ1) is 19.2. The second kappa shape index (κ2) is 8.08. The number of amides is 1. The lowest BCUT2D eigenvalue weighted by Crippen LogP contribution is -2.31. The molecule has 1 aromatic carbocycles. The highest BCUT2D eigenvalue weighted by atomic mass is 16.5. The highest BCUT2D eigenvalue weighted by Crippen LogP contribution is 2.30. The van der Waals surface area contributed by atoms with Crippen molar-refractivity contribution < 1.29 is 19.4 Å². The number of hydrogen-bond donors (Lipinski definition) is 3. The molecule has 1 aliphatic carbocycles. The minimum absolute atomic E-state index is 0.117. The highest BCUT2D eigenvalue weighted by Gasteiger charge is 2.34. The van der Waals surface area contributed by atoms with Gasteiger partial charge >= 0.3 is 5.97 Å². The van der Waals surface area contributed by atoms with Crippen molar-refractivity contribution in [2.45, 2.75) is 25.7 Å². The standard InChI is InChI=1S/C21H24N4O4/c1-29-21(28)16-12-25(10-11-26)20(27)19(16)22-14-8-6-13(7-9-14)18-15-4-2-3-5-17(15)23-24-18/h6-9,22,26H,2-5,10-12H2,1H3,(H,23,24). The van der Waals surface area contributed by atoms with Crippen molar-refractivity contribution >= 4 is 17.6 Å². The first-order valence-corrected chi connectivity index (χ1v) is 9.77. The fourth-order valence-corrected chi connectivity index (χ4v) is 3.92. The Hall–Kier alpha value is -3.13. The number of hydrogen-bond acceptors (Lipinski definition) is 6. The van der Waals surface area contributed by atoms with Crippen molar-refractivity contribution in [1.29, 1.82) is 0 Å². The first-order chi connectivity index (χ1) is 14.1. The number of nitrogens with one attached hydrogen (secondary N) is 2. The number of H-pyrrole nitrogens is 1. The van der Waals surface area contributed by atoms with Gasteiger partial charge in [-0.05, 0) is 37.8 Å². The number of methoxy groups -OCH3 is 1. The van der Waals surface area contributed by atoms with Crippen LogP contribution in [0.3, 0.4) is 0 Å². The van der Waals surface area contributed by atoms with E-state index in [1.165, 1.54) is 36.1 Å². The topological polar surface area (TPSA) is 108 Å². The molecule has 0 radical (unpaired) electrons. The molecule has 2 heterocycles. The van der Waals surface area contributed by atoms with Crippen molar-refractivity contribution in [3.05, 3.63) is 46.8 Å². The fourth-order valence-electron chi connectivity index (χ4n) is 3.92. The largest absolute Gasteiger partial charge is 0.466 e. The Morgan fingerprint density at radius 1 is 1.28 bits per heavy atom. The summed E-state index contributed by atoms with van der Waals surface area (Å²) in [4.78, 5) is 26.1. The molecule has 29 heavy (non-hydrogen) atoms. The van der Waals surface area contributed by atoms with E-state index in [0.29, 0.717) is 5.69 Å². The summed E-state index contributed by atoms with van der Waals surface area (Å²) in [5.74, 6) is -0.883. The summed E-state index contributed by atoms with van der Waals surface area (Å²) in [5, 5.41) is 19.8. The molecule has 1 aromatic heterocycles. The second-order valence-electron chi connectivity index (χ2n) is 7.23. The van der Waals surface area contributed by atoms with Crippen LogP contribution in [0.15, 0.2) is 35.5 Å². The van der Waals surface area contributed by atoms with E-state index in [-0.39, 0.29) is 36.9 Å². The summed E-state index contributed by atoms with van der Waals surface area (Å²) in [5.41, 5.74) is 5.64. The molecule has 0 fully saturated rings. The average molecular weight is 396 g/mol. The molecule has 1 amide bonds. The number of carbonyl (C=O) groups is 2. The van der Waals surface area contributed by atoms with Gasteiger partial charge in [0.05, 0.1) is 31.5 Å². The van der Waals surface area contributed by atoms with Crippen LogP contribution in [0.5, 0.6) is 0 Å². The Morgan fingerprint density at radius 2 is 2.03 bits per heavy atom. The Morgan fingerprint density at radius 3 is 2.76 bits per heavy atom. The number of esters is 1. The third-order valence-corrected chi connectivity index (χ3v) is 5.44. The van der Waals surface area contributed by atoms with Crippen LogP contribution in [-0.2, 0) is 27.2 Å². The minimum Gasteiger partial charge on any atom is -0.466 e. The maximum Gasteiger partial charge on any atom is 0.337 e. The normalized spacial score (nSPS) is 16.2. The summed E-state index contributed by atoms with van der Waals surface area (Å²) in [6.45, 7) is 0.107. The van der Waals surface area contributed by atoms with E-state index in [1.807, 2.05) is 24.3 Å². The van der Waals surface area contributed by atoms with Crippen molar-refractivity contribution in [2.75, 3.05) is 32.1 Å². The molecule has 2 aliphatic rings. The predicted molar refractivity (Wildman–Crippen MR) is 107 cm³/mol.